The lowest BCUT2D eigenvalue weighted by molar-refractivity contribution is 0.362. The summed E-state index contributed by atoms with van der Waals surface area (Å²) in [4.78, 5) is 0. The topological polar surface area (TPSA) is 24.1 Å². The van der Waals surface area contributed by atoms with E-state index in [2.05, 4.69) is 32.6 Å². The van der Waals surface area contributed by atoms with Gasteiger partial charge in [0, 0.05) is 20.7 Å². The largest absolute Gasteiger partial charge is 0.357 e. The Labute approximate surface area is 178 Å². The van der Waals surface area contributed by atoms with E-state index in [9.17, 15) is 0 Å². The number of anilines is 1. The fourth-order valence-electron chi connectivity index (χ4n) is 3.54. The molecule has 138 valence electrons. The molecule has 0 radical (unpaired) electrons. The van der Waals surface area contributed by atoms with Crippen molar-refractivity contribution in [2.45, 2.75) is 44.1 Å². The number of benzene rings is 2. The van der Waals surface area contributed by atoms with Crippen LogP contribution in [0.15, 0.2) is 46.9 Å². The minimum Gasteiger partial charge on any atom is -0.357 e. The van der Waals surface area contributed by atoms with Gasteiger partial charge in [-0.15, -0.1) is 0 Å². The van der Waals surface area contributed by atoms with Gasteiger partial charge in [0.1, 0.15) is 0 Å². The van der Waals surface area contributed by atoms with Crippen molar-refractivity contribution in [3.05, 3.63) is 62.5 Å². The van der Waals surface area contributed by atoms with Gasteiger partial charge in [0.05, 0.1) is 5.02 Å². The van der Waals surface area contributed by atoms with Crippen molar-refractivity contribution in [2.75, 3.05) is 5.32 Å². The second-order valence-corrected chi connectivity index (χ2v) is 8.86. The Morgan fingerprint density at radius 1 is 1.08 bits per heavy atom. The van der Waals surface area contributed by atoms with E-state index in [1.165, 1.54) is 18.4 Å². The van der Waals surface area contributed by atoms with E-state index >= 15 is 0 Å². The van der Waals surface area contributed by atoms with Crippen LogP contribution in [0.25, 0.3) is 0 Å². The Morgan fingerprint density at radius 3 is 2.50 bits per heavy atom. The first-order valence-electron chi connectivity index (χ1n) is 8.75. The molecule has 0 bridgehead atoms. The molecule has 1 saturated carbocycles. The van der Waals surface area contributed by atoms with Crippen molar-refractivity contribution in [3.63, 3.8) is 0 Å². The lowest BCUT2D eigenvalue weighted by Gasteiger charge is -2.32. The molecule has 0 saturated heterocycles. The third-order valence-corrected chi connectivity index (χ3v) is 6.75. The summed E-state index contributed by atoms with van der Waals surface area (Å²) in [7, 11) is 0. The van der Waals surface area contributed by atoms with Crippen LogP contribution in [0.1, 0.15) is 37.7 Å². The van der Waals surface area contributed by atoms with Crippen LogP contribution in [0, 0.1) is 0 Å². The maximum absolute atomic E-state index is 6.32. The zero-order chi connectivity index (χ0) is 18.6. The van der Waals surface area contributed by atoms with E-state index in [1.807, 2.05) is 36.4 Å². The first-order chi connectivity index (χ1) is 12.5. The highest BCUT2D eigenvalue weighted by Gasteiger charge is 2.34. The summed E-state index contributed by atoms with van der Waals surface area (Å²) < 4.78 is 0.871. The number of hydrogen-bond acceptors (Lipinski definition) is 1. The lowest BCUT2D eigenvalue weighted by atomic mass is 9.89. The first-order valence-corrected chi connectivity index (χ1v) is 10.7. The Bertz CT molecular complexity index is 791. The molecule has 26 heavy (non-hydrogen) atoms. The Hall–Kier alpha value is -0.810. The highest BCUT2D eigenvalue weighted by Crippen LogP contribution is 2.35. The third-order valence-electron chi connectivity index (χ3n) is 4.95. The predicted molar refractivity (Wildman–Crippen MR) is 119 cm³/mol. The van der Waals surface area contributed by atoms with Crippen molar-refractivity contribution in [1.29, 1.82) is 0 Å². The predicted octanol–water partition coefficient (Wildman–Crippen LogP) is 6.99. The van der Waals surface area contributed by atoms with Crippen molar-refractivity contribution in [1.82, 2.24) is 5.32 Å². The van der Waals surface area contributed by atoms with E-state index in [0.29, 0.717) is 10.1 Å². The van der Waals surface area contributed by atoms with E-state index in [0.717, 1.165) is 40.9 Å². The Kier molecular flexibility index (Phi) is 6.84. The van der Waals surface area contributed by atoms with Crippen molar-refractivity contribution < 1.29 is 0 Å². The molecule has 6 heteroatoms. The van der Waals surface area contributed by atoms with E-state index in [4.69, 9.17) is 35.4 Å². The minimum absolute atomic E-state index is 0.0302. The van der Waals surface area contributed by atoms with Crippen molar-refractivity contribution >= 4 is 62.1 Å². The summed E-state index contributed by atoms with van der Waals surface area (Å²) in [5.41, 5.74) is 2.11. The second kappa shape index (κ2) is 8.92. The molecule has 2 aromatic carbocycles. The average Bonchev–Trinajstić information content (AvgIpc) is 3.06. The van der Waals surface area contributed by atoms with E-state index < -0.39 is 0 Å². The maximum atomic E-state index is 6.32. The highest BCUT2D eigenvalue weighted by atomic mass is 79.9. The van der Waals surface area contributed by atoms with E-state index in [1.54, 1.807) is 0 Å². The fraction of sp³-hybridized carbons (Fsp3) is 0.350. The molecule has 1 aliphatic carbocycles. The number of hydrogen-bond donors (Lipinski definition) is 2. The molecule has 0 amide bonds. The van der Waals surface area contributed by atoms with Gasteiger partial charge in [-0.05, 0) is 83.7 Å². The lowest BCUT2D eigenvalue weighted by Crippen LogP contribution is -2.48. The molecular formula is C20H21BrCl2N2S. The van der Waals surface area contributed by atoms with E-state index in [-0.39, 0.29) is 5.54 Å². The molecule has 2 aromatic rings. The van der Waals surface area contributed by atoms with Gasteiger partial charge in [-0.2, -0.15) is 0 Å². The summed E-state index contributed by atoms with van der Waals surface area (Å²) in [6, 6.07) is 13.8. The smallest absolute Gasteiger partial charge is 0.171 e. The van der Waals surface area contributed by atoms with Crippen LogP contribution in [0.4, 0.5) is 5.69 Å². The van der Waals surface area contributed by atoms with Gasteiger partial charge >= 0.3 is 0 Å². The molecule has 2 N–H and O–H groups in total. The van der Waals surface area contributed by atoms with Crippen LogP contribution in [0.3, 0.4) is 0 Å². The average molecular weight is 472 g/mol. The summed E-state index contributed by atoms with van der Waals surface area (Å²) in [5, 5.41) is 8.99. The normalized spacial score (nSPS) is 15.7. The fourth-order valence-corrected chi connectivity index (χ4v) is 4.53. The van der Waals surface area contributed by atoms with Gasteiger partial charge < -0.3 is 10.6 Å². The molecule has 2 nitrogen and oxygen atoms in total. The SMILES string of the molecule is S=C(Nc1ccc(Br)c(Cl)c1)NC1(CCc2ccccc2Cl)CCCC1. The molecule has 0 heterocycles. The number of aryl methyl sites for hydroxylation is 1. The van der Waals surface area contributed by atoms with Gasteiger partial charge in [-0.3, -0.25) is 0 Å². The number of thiocarbonyl (C=S) groups is 1. The van der Waals surface area contributed by atoms with Crippen molar-refractivity contribution in [3.8, 4) is 0 Å². The minimum atomic E-state index is 0.0302. The summed E-state index contributed by atoms with van der Waals surface area (Å²) >= 11 is 21.5. The first kappa shape index (κ1) is 19.9. The quantitative estimate of drug-likeness (QED) is 0.459. The summed E-state index contributed by atoms with van der Waals surface area (Å²) in [6.45, 7) is 0. The molecule has 0 aliphatic heterocycles. The number of halogens is 3. The van der Waals surface area contributed by atoms with Crippen molar-refractivity contribution in [2.24, 2.45) is 0 Å². The van der Waals surface area contributed by atoms with Gasteiger partial charge in [-0.25, -0.2) is 0 Å². The van der Waals surface area contributed by atoms with Crippen LogP contribution in [-0.4, -0.2) is 10.7 Å². The van der Waals surface area contributed by atoms with Crippen LogP contribution in [0.5, 0.6) is 0 Å². The number of nitrogens with one attached hydrogen (secondary N) is 2. The summed E-state index contributed by atoms with van der Waals surface area (Å²) in [5.74, 6) is 0. The number of rotatable bonds is 5. The van der Waals surface area contributed by atoms with Gasteiger partial charge in [0.15, 0.2) is 5.11 Å². The van der Waals surface area contributed by atoms with Crippen LogP contribution >= 0.6 is 51.3 Å². The molecule has 0 spiro atoms. The second-order valence-electron chi connectivity index (χ2n) is 6.79. The third kappa shape index (κ3) is 5.13. The molecule has 0 atom stereocenters. The maximum Gasteiger partial charge on any atom is 0.171 e. The highest BCUT2D eigenvalue weighted by molar-refractivity contribution is 9.10. The molecule has 3 rings (SSSR count). The Balaban J connectivity index is 1.64. The van der Waals surface area contributed by atoms with Gasteiger partial charge in [0.25, 0.3) is 0 Å². The Morgan fingerprint density at radius 2 is 1.81 bits per heavy atom. The molecule has 1 aliphatic rings. The van der Waals surface area contributed by atoms with Crippen LogP contribution in [-0.2, 0) is 6.42 Å². The molecular weight excluding hydrogens is 451 g/mol. The zero-order valence-corrected chi connectivity index (χ0v) is 18.2. The zero-order valence-electron chi connectivity index (χ0n) is 14.3. The van der Waals surface area contributed by atoms with Crippen LogP contribution < -0.4 is 10.6 Å². The van der Waals surface area contributed by atoms with Gasteiger partial charge in [-0.1, -0.05) is 54.2 Å². The molecule has 0 unspecified atom stereocenters. The molecule has 0 aromatic heterocycles. The molecule has 1 fully saturated rings. The van der Waals surface area contributed by atoms with Crippen LogP contribution in [0.2, 0.25) is 10.0 Å². The standard InChI is InChI=1S/C20H21BrCl2N2S/c21-16-8-7-15(13-18(16)23)24-19(26)25-20(10-3-4-11-20)12-9-14-5-1-2-6-17(14)22/h1-2,5-8,13H,3-4,9-12H2,(H2,24,25,26). The summed E-state index contributed by atoms with van der Waals surface area (Å²) in [6.07, 6.45) is 6.66. The van der Waals surface area contributed by atoms with Gasteiger partial charge in [0.2, 0.25) is 0 Å². The monoisotopic (exact) mass is 470 g/mol.